The van der Waals surface area contributed by atoms with Gasteiger partial charge in [0.2, 0.25) is 0 Å². The zero-order valence-electron chi connectivity index (χ0n) is 12.0. The molecule has 0 saturated carbocycles. The van der Waals surface area contributed by atoms with E-state index in [9.17, 15) is 13.9 Å². The van der Waals surface area contributed by atoms with Crippen molar-refractivity contribution in [2.45, 2.75) is 31.6 Å². The maximum atomic E-state index is 13.1. The van der Waals surface area contributed by atoms with Crippen LogP contribution in [0.3, 0.4) is 0 Å². The topological polar surface area (TPSA) is 52.9 Å². The molecule has 0 aromatic heterocycles. The monoisotopic (exact) mass is 301 g/mol. The smallest absolute Gasteiger partial charge is 0.126 e. The summed E-state index contributed by atoms with van der Waals surface area (Å²) >= 11 is 0. The highest BCUT2D eigenvalue weighted by Crippen LogP contribution is 2.21. The summed E-state index contributed by atoms with van der Waals surface area (Å²) in [6.45, 7) is 3.64. The van der Waals surface area contributed by atoms with Gasteiger partial charge in [-0.15, -0.1) is 0 Å². The summed E-state index contributed by atoms with van der Waals surface area (Å²) in [6, 6.07) is 3.26. The molecule has 0 aliphatic carbocycles. The first-order valence-electron chi connectivity index (χ1n) is 7.10. The molecule has 1 aromatic carbocycles. The lowest BCUT2D eigenvalue weighted by atomic mass is 10.0. The minimum atomic E-state index is -0.919. The van der Waals surface area contributed by atoms with Gasteiger partial charge in [-0.3, -0.25) is 4.90 Å². The number of halogens is 2. The van der Waals surface area contributed by atoms with E-state index in [0.29, 0.717) is 26.1 Å². The van der Waals surface area contributed by atoms with Crippen molar-refractivity contribution >= 4 is 0 Å². The van der Waals surface area contributed by atoms with Gasteiger partial charge in [-0.2, -0.15) is 0 Å². The average molecular weight is 301 g/mol. The van der Waals surface area contributed by atoms with Crippen molar-refractivity contribution in [3.8, 4) is 0 Å². The Morgan fingerprint density at radius 3 is 2.62 bits per heavy atom. The summed E-state index contributed by atoms with van der Waals surface area (Å²) in [5.74, 6) is -1.38. The van der Waals surface area contributed by atoms with Crippen LogP contribution < -0.4 is 0 Å². The van der Waals surface area contributed by atoms with Crippen molar-refractivity contribution in [1.29, 1.82) is 0 Å². The zero-order valence-corrected chi connectivity index (χ0v) is 12.0. The van der Waals surface area contributed by atoms with E-state index in [4.69, 9.17) is 9.84 Å². The Morgan fingerprint density at radius 2 is 2.00 bits per heavy atom. The van der Waals surface area contributed by atoms with Crippen molar-refractivity contribution in [1.82, 2.24) is 4.90 Å². The fraction of sp³-hybridized carbons (Fsp3) is 0.600. The van der Waals surface area contributed by atoms with Gasteiger partial charge in [-0.05, 0) is 31.0 Å². The van der Waals surface area contributed by atoms with Crippen LogP contribution in [0.25, 0.3) is 0 Å². The molecule has 1 saturated heterocycles. The van der Waals surface area contributed by atoms with Crippen LogP contribution in [0.5, 0.6) is 0 Å². The molecule has 1 heterocycles. The normalized spacial score (nSPS) is 25.0. The van der Waals surface area contributed by atoms with Gasteiger partial charge in [0.05, 0.1) is 25.4 Å². The van der Waals surface area contributed by atoms with Crippen LogP contribution >= 0.6 is 0 Å². The number of rotatable bonds is 5. The lowest BCUT2D eigenvalue weighted by Crippen LogP contribution is -2.49. The second-order valence-electron chi connectivity index (χ2n) is 5.49. The molecule has 0 amide bonds. The highest BCUT2D eigenvalue weighted by molar-refractivity contribution is 5.20. The second kappa shape index (κ2) is 7.26. The molecule has 3 atom stereocenters. The van der Waals surface area contributed by atoms with Gasteiger partial charge in [0.25, 0.3) is 0 Å². The van der Waals surface area contributed by atoms with E-state index in [2.05, 4.69) is 4.90 Å². The molecular weight excluding hydrogens is 280 g/mol. The Morgan fingerprint density at radius 1 is 1.33 bits per heavy atom. The van der Waals surface area contributed by atoms with Gasteiger partial charge in [-0.25, -0.2) is 8.78 Å². The van der Waals surface area contributed by atoms with E-state index >= 15 is 0 Å². The number of ether oxygens (including phenoxy) is 1. The number of morpholine rings is 1. The number of hydrogen-bond donors (Lipinski definition) is 2. The van der Waals surface area contributed by atoms with Crippen LogP contribution in [0.4, 0.5) is 8.78 Å². The Bertz CT molecular complexity index is 452. The molecule has 118 valence electrons. The van der Waals surface area contributed by atoms with Crippen molar-refractivity contribution in [3.63, 3.8) is 0 Å². The van der Waals surface area contributed by atoms with Gasteiger partial charge < -0.3 is 14.9 Å². The molecule has 1 fully saturated rings. The zero-order chi connectivity index (χ0) is 15.4. The summed E-state index contributed by atoms with van der Waals surface area (Å²) in [6.07, 6.45) is -0.770. The summed E-state index contributed by atoms with van der Waals surface area (Å²) in [5, 5.41) is 19.2. The lowest BCUT2D eigenvalue weighted by Gasteiger charge is -2.37. The Hall–Kier alpha value is -1.08. The van der Waals surface area contributed by atoms with Crippen LogP contribution in [0.15, 0.2) is 18.2 Å². The van der Waals surface area contributed by atoms with Crippen molar-refractivity contribution in [2.75, 3.05) is 26.3 Å². The molecule has 2 N–H and O–H groups in total. The summed E-state index contributed by atoms with van der Waals surface area (Å²) in [4.78, 5) is 2.10. The standard InChI is InChI=1S/C15H21F2NO3/c1-10-9-21-14(8-19)7-18(10)3-2-15(20)11-4-12(16)6-13(17)5-11/h4-6,10,14-15,19-20H,2-3,7-9H2,1H3. The molecule has 1 aliphatic rings. The molecule has 0 bridgehead atoms. The van der Waals surface area contributed by atoms with Gasteiger partial charge in [0, 0.05) is 25.2 Å². The number of benzene rings is 1. The van der Waals surface area contributed by atoms with Gasteiger partial charge >= 0.3 is 0 Å². The molecule has 4 nitrogen and oxygen atoms in total. The van der Waals surface area contributed by atoms with Crippen molar-refractivity contribution in [2.24, 2.45) is 0 Å². The van der Waals surface area contributed by atoms with E-state index in [1.54, 1.807) is 0 Å². The maximum Gasteiger partial charge on any atom is 0.126 e. The Kier molecular flexibility index (Phi) is 5.64. The SMILES string of the molecule is CC1COC(CO)CN1CCC(O)c1cc(F)cc(F)c1. The van der Waals surface area contributed by atoms with Gasteiger partial charge in [-0.1, -0.05) is 0 Å². The van der Waals surface area contributed by atoms with E-state index in [0.717, 1.165) is 18.2 Å². The third-order valence-electron chi connectivity index (χ3n) is 3.80. The van der Waals surface area contributed by atoms with Crippen LogP contribution in [0.1, 0.15) is 25.0 Å². The van der Waals surface area contributed by atoms with E-state index in [-0.39, 0.29) is 24.3 Å². The molecule has 21 heavy (non-hydrogen) atoms. The molecule has 1 aliphatic heterocycles. The molecule has 3 unspecified atom stereocenters. The maximum absolute atomic E-state index is 13.1. The fourth-order valence-electron chi connectivity index (χ4n) is 2.52. The van der Waals surface area contributed by atoms with Crippen LogP contribution in [0.2, 0.25) is 0 Å². The summed E-state index contributed by atoms with van der Waals surface area (Å²) < 4.78 is 31.7. The van der Waals surface area contributed by atoms with E-state index in [1.807, 2.05) is 6.92 Å². The molecule has 0 spiro atoms. The molecular formula is C15H21F2NO3. The van der Waals surface area contributed by atoms with Crippen LogP contribution in [-0.4, -0.2) is 53.6 Å². The third-order valence-corrected chi connectivity index (χ3v) is 3.80. The van der Waals surface area contributed by atoms with E-state index < -0.39 is 17.7 Å². The van der Waals surface area contributed by atoms with Gasteiger partial charge in [0.1, 0.15) is 11.6 Å². The average Bonchev–Trinajstić information content (AvgIpc) is 2.45. The highest BCUT2D eigenvalue weighted by Gasteiger charge is 2.26. The van der Waals surface area contributed by atoms with E-state index in [1.165, 1.54) is 0 Å². The molecule has 2 rings (SSSR count). The Balaban J connectivity index is 1.92. The van der Waals surface area contributed by atoms with Crippen LogP contribution in [0, 0.1) is 11.6 Å². The summed E-state index contributed by atoms with van der Waals surface area (Å²) in [7, 11) is 0. The first-order valence-corrected chi connectivity index (χ1v) is 7.10. The number of aliphatic hydroxyl groups is 2. The highest BCUT2D eigenvalue weighted by atomic mass is 19.1. The number of nitrogens with zero attached hydrogens (tertiary/aromatic N) is 1. The Labute approximate surface area is 123 Å². The minimum Gasteiger partial charge on any atom is -0.394 e. The predicted octanol–water partition coefficient (Wildman–Crippen LogP) is 1.47. The van der Waals surface area contributed by atoms with Crippen molar-refractivity contribution < 1.29 is 23.7 Å². The van der Waals surface area contributed by atoms with Gasteiger partial charge in [0.15, 0.2) is 0 Å². The van der Waals surface area contributed by atoms with Crippen LogP contribution in [-0.2, 0) is 4.74 Å². The molecule has 1 aromatic rings. The minimum absolute atomic E-state index is 0.0408. The summed E-state index contributed by atoms with van der Waals surface area (Å²) in [5.41, 5.74) is 0.243. The van der Waals surface area contributed by atoms with Crippen molar-refractivity contribution in [3.05, 3.63) is 35.4 Å². The number of hydrogen-bond acceptors (Lipinski definition) is 4. The quantitative estimate of drug-likeness (QED) is 0.865. The lowest BCUT2D eigenvalue weighted by molar-refractivity contribution is -0.0801. The predicted molar refractivity (Wildman–Crippen MR) is 73.8 cm³/mol. The fourth-order valence-corrected chi connectivity index (χ4v) is 2.52. The largest absolute Gasteiger partial charge is 0.394 e. The first kappa shape index (κ1) is 16.3. The molecule has 6 heteroatoms. The second-order valence-corrected chi connectivity index (χ2v) is 5.49. The first-order chi connectivity index (χ1) is 9.99. The number of aliphatic hydroxyl groups excluding tert-OH is 2. The third kappa shape index (κ3) is 4.44. The molecule has 0 radical (unpaired) electrons.